The average molecular weight is 166 g/mol. The molecule has 1 saturated carbocycles. The van der Waals surface area contributed by atoms with E-state index in [-0.39, 0.29) is 0 Å². The van der Waals surface area contributed by atoms with Gasteiger partial charge in [-0.25, -0.2) is 0 Å². The topological polar surface area (TPSA) is 38.9 Å². The second-order valence-electron chi connectivity index (χ2n) is 3.53. The lowest BCUT2D eigenvalue weighted by atomic mass is 10.1. The third-order valence-electron chi connectivity index (χ3n) is 2.52. The number of hydrogen-bond acceptors (Lipinski definition) is 3. The summed E-state index contributed by atoms with van der Waals surface area (Å²) in [5.74, 6) is 2.93. The van der Waals surface area contributed by atoms with Crippen LogP contribution in [0.3, 0.4) is 0 Å². The molecule has 1 atom stereocenters. The van der Waals surface area contributed by atoms with Gasteiger partial charge in [-0.3, -0.25) is 0 Å². The van der Waals surface area contributed by atoms with E-state index in [0.717, 1.165) is 24.1 Å². The Kier molecular flexibility index (Phi) is 1.87. The van der Waals surface area contributed by atoms with Crippen molar-refractivity contribution in [1.82, 2.24) is 10.1 Å². The van der Waals surface area contributed by atoms with Gasteiger partial charge in [0.1, 0.15) is 0 Å². The van der Waals surface area contributed by atoms with Crippen molar-refractivity contribution in [2.45, 2.75) is 39.0 Å². The molecule has 0 spiro atoms. The maximum absolute atomic E-state index is 5.16. The minimum atomic E-state index is 0.470. The molecule has 3 heteroatoms. The Morgan fingerprint density at radius 2 is 2.33 bits per heavy atom. The molecule has 2 rings (SSSR count). The summed E-state index contributed by atoms with van der Waals surface area (Å²) in [4.78, 5) is 4.31. The Hall–Kier alpha value is -0.860. The summed E-state index contributed by atoms with van der Waals surface area (Å²) in [7, 11) is 0. The van der Waals surface area contributed by atoms with Crippen LogP contribution < -0.4 is 0 Å². The molecule has 1 heterocycles. The molecular weight excluding hydrogens is 152 g/mol. The first-order valence-corrected chi connectivity index (χ1v) is 4.63. The van der Waals surface area contributed by atoms with E-state index in [0.29, 0.717) is 5.92 Å². The Labute approximate surface area is 72.2 Å². The van der Waals surface area contributed by atoms with Crippen LogP contribution in [0, 0.1) is 5.92 Å². The molecule has 3 nitrogen and oxygen atoms in total. The molecule has 0 aliphatic heterocycles. The maximum atomic E-state index is 5.16. The van der Waals surface area contributed by atoms with Crippen LogP contribution in [0.1, 0.15) is 44.3 Å². The van der Waals surface area contributed by atoms with Crippen molar-refractivity contribution < 1.29 is 4.52 Å². The Morgan fingerprint density at radius 1 is 1.58 bits per heavy atom. The molecule has 1 aliphatic carbocycles. The van der Waals surface area contributed by atoms with Crippen LogP contribution in [0.2, 0.25) is 0 Å². The van der Waals surface area contributed by atoms with E-state index in [1.807, 2.05) is 6.92 Å². The van der Waals surface area contributed by atoms with E-state index in [1.165, 1.54) is 12.8 Å². The molecule has 0 saturated heterocycles. The van der Waals surface area contributed by atoms with Crippen molar-refractivity contribution in [2.24, 2.45) is 5.92 Å². The van der Waals surface area contributed by atoms with Crippen molar-refractivity contribution in [3.05, 3.63) is 11.7 Å². The van der Waals surface area contributed by atoms with Crippen LogP contribution in [-0.2, 0) is 6.42 Å². The molecule has 0 radical (unpaired) electrons. The van der Waals surface area contributed by atoms with Crippen LogP contribution in [-0.4, -0.2) is 10.1 Å². The smallest absolute Gasteiger partial charge is 0.229 e. The second-order valence-corrected chi connectivity index (χ2v) is 3.53. The summed E-state index contributed by atoms with van der Waals surface area (Å²) < 4.78 is 5.16. The summed E-state index contributed by atoms with van der Waals surface area (Å²) in [6.45, 7) is 4.21. The lowest BCUT2D eigenvalue weighted by Gasteiger charge is -2.00. The van der Waals surface area contributed by atoms with Gasteiger partial charge in [0, 0.05) is 12.3 Å². The lowest BCUT2D eigenvalue weighted by molar-refractivity contribution is 0.345. The largest absolute Gasteiger partial charge is 0.339 e. The highest BCUT2D eigenvalue weighted by molar-refractivity contribution is 4.98. The fourth-order valence-corrected chi connectivity index (χ4v) is 1.39. The second kappa shape index (κ2) is 2.88. The van der Waals surface area contributed by atoms with Crippen LogP contribution >= 0.6 is 0 Å². The van der Waals surface area contributed by atoms with Gasteiger partial charge >= 0.3 is 0 Å². The lowest BCUT2D eigenvalue weighted by Crippen LogP contribution is -1.95. The molecule has 0 N–H and O–H groups in total. The standard InChI is InChI=1S/C9H14N2O/c1-3-8-10-9(12-11-8)6(2)7-4-5-7/h6-7H,3-5H2,1-2H3. The maximum Gasteiger partial charge on any atom is 0.229 e. The normalized spacial score (nSPS) is 19.5. The van der Waals surface area contributed by atoms with Gasteiger partial charge in [-0.2, -0.15) is 4.98 Å². The van der Waals surface area contributed by atoms with Gasteiger partial charge in [0.25, 0.3) is 0 Å². The monoisotopic (exact) mass is 166 g/mol. The summed E-state index contributed by atoms with van der Waals surface area (Å²) in [6, 6.07) is 0. The van der Waals surface area contributed by atoms with E-state index in [1.54, 1.807) is 0 Å². The molecule has 12 heavy (non-hydrogen) atoms. The van der Waals surface area contributed by atoms with Crippen LogP contribution in [0.25, 0.3) is 0 Å². The highest BCUT2D eigenvalue weighted by atomic mass is 16.5. The van der Waals surface area contributed by atoms with Gasteiger partial charge in [0.2, 0.25) is 5.89 Å². The molecule has 0 amide bonds. The predicted octanol–water partition coefficient (Wildman–Crippen LogP) is 2.15. The Bertz CT molecular complexity index is 265. The first kappa shape index (κ1) is 7.77. The zero-order valence-corrected chi connectivity index (χ0v) is 7.58. The summed E-state index contributed by atoms with van der Waals surface area (Å²) in [5, 5.41) is 3.88. The SMILES string of the molecule is CCc1noc(C(C)C2CC2)n1. The third-order valence-corrected chi connectivity index (χ3v) is 2.52. The summed E-state index contributed by atoms with van der Waals surface area (Å²) in [5.41, 5.74) is 0. The van der Waals surface area contributed by atoms with Crippen molar-refractivity contribution in [3.63, 3.8) is 0 Å². The Morgan fingerprint density at radius 3 is 2.83 bits per heavy atom. The van der Waals surface area contributed by atoms with Crippen molar-refractivity contribution >= 4 is 0 Å². The fraction of sp³-hybridized carbons (Fsp3) is 0.778. The van der Waals surface area contributed by atoms with E-state index < -0.39 is 0 Å². The van der Waals surface area contributed by atoms with Gasteiger partial charge in [0.05, 0.1) is 0 Å². The van der Waals surface area contributed by atoms with Crippen LogP contribution in [0.4, 0.5) is 0 Å². The van der Waals surface area contributed by atoms with Gasteiger partial charge in [0.15, 0.2) is 5.82 Å². The molecular formula is C9H14N2O. The van der Waals surface area contributed by atoms with Crippen molar-refractivity contribution in [2.75, 3.05) is 0 Å². The number of nitrogens with zero attached hydrogens (tertiary/aromatic N) is 2. The number of aromatic nitrogens is 2. The molecule has 66 valence electrons. The predicted molar refractivity (Wildman–Crippen MR) is 44.8 cm³/mol. The zero-order valence-electron chi connectivity index (χ0n) is 7.58. The molecule has 1 aliphatic rings. The van der Waals surface area contributed by atoms with E-state index in [4.69, 9.17) is 4.52 Å². The summed E-state index contributed by atoms with van der Waals surface area (Å²) in [6.07, 6.45) is 3.51. The molecule has 1 aromatic rings. The highest BCUT2D eigenvalue weighted by Crippen LogP contribution is 2.41. The van der Waals surface area contributed by atoms with E-state index >= 15 is 0 Å². The molecule has 1 aromatic heterocycles. The number of aryl methyl sites for hydroxylation is 1. The van der Waals surface area contributed by atoms with Crippen LogP contribution in [0.15, 0.2) is 4.52 Å². The quantitative estimate of drug-likeness (QED) is 0.690. The van der Waals surface area contributed by atoms with Crippen LogP contribution in [0.5, 0.6) is 0 Å². The first-order valence-electron chi connectivity index (χ1n) is 4.63. The van der Waals surface area contributed by atoms with Gasteiger partial charge in [-0.15, -0.1) is 0 Å². The molecule has 1 unspecified atom stereocenters. The van der Waals surface area contributed by atoms with Crippen molar-refractivity contribution in [1.29, 1.82) is 0 Å². The first-order chi connectivity index (χ1) is 5.81. The average Bonchev–Trinajstić information content (AvgIpc) is 2.82. The van der Waals surface area contributed by atoms with Gasteiger partial charge in [-0.1, -0.05) is 19.0 Å². The highest BCUT2D eigenvalue weighted by Gasteiger charge is 2.32. The van der Waals surface area contributed by atoms with Gasteiger partial charge in [-0.05, 0) is 18.8 Å². The zero-order chi connectivity index (χ0) is 8.55. The molecule has 0 bridgehead atoms. The van der Waals surface area contributed by atoms with Crippen molar-refractivity contribution in [3.8, 4) is 0 Å². The Balaban J connectivity index is 2.10. The van der Waals surface area contributed by atoms with Gasteiger partial charge < -0.3 is 4.52 Å². The van der Waals surface area contributed by atoms with E-state index in [2.05, 4.69) is 17.1 Å². The minimum Gasteiger partial charge on any atom is -0.339 e. The molecule has 0 aromatic carbocycles. The van der Waals surface area contributed by atoms with E-state index in [9.17, 15) is 0 Å². The number of rotatable bonds is 3. The molecule has 1 fully saturated rings. The summed E-state index contributed by atoms with van der Waals surface area (Å²) >= 11 is 0. The third kappa shape index (κ3) is 1.36. The number of hydrogen-bond donors (Lipinski definition) is 0. The minimum absolute atomic E-state index is 0.470. The fourth-order valence-electron chi connectivity index (χ4n) is 1.39.